The summed E-state index contributed by atoms with van der Waals surface area (Å²) in [6, 6.07) is 1.75. The van der Waals surface area contributed by atoms with Gasteiger partial charge in [-0.1, -0.05) is 38.0 Å². The Morgan fingerprint density at radius 3 is 1.72 bits per heavy atom. The number of aromatic nitrogens is 2. The Kier molecular flexibility index (Phi) is 6.03. The quantitative estimate of drug-likeness (QED) is 0.627. The molecule has 0 bridgehead atoms. The van der Waals surface area contributed by atoms with Crippen molar-refractivity contribution < 1.29 is 14.2 Å². The van der Waals surface area contributed by atoms with E-state index in [2.05, 4.69) is 29.7 Å². The highest BCUT2D eigenvalue weighted by molar-refractivity contribution is 5.23. The van der Waals surface area contributed by atoms with Gasteiger partial charge in [0.05, 0.1) is 6.07 Å². The van der Waals surface area contributed by atoms with Crippen LogP contribution in [0.25, 0.3) is 0 Å². The van der Waals surface area contributed by atoms with Crippen LogP contribution < -0.4 is 14.2 Å². The largest absolute Gasteiger partial charge is 0.473 e. The maximum Gasteiger partial charge on any atom is 0.323 e. The third kappa shape index (κ3) is 4.69. The second-order valence-electron chi connectivity index (χ2n) is 3.13. The molecule has 0 spiro atoms. The molecule has 0 aliphatic carbocycles. The first kappa shape index (κ1) is 13.8. The van der Waals surface area contributed by atoms with E-state index < -0.39 is 0 Å². The van der Waals surface area contributed by atoms with Crippen LogP contribution in [0.5, 0.6) is 17.8 Å². The molecule has 0 N–H and O–H groups in total. The van der Waals surface area contributed by atoms with Crippen molar-refractivity contribution in [3.8, 4) is 17.8 Å². The van der Waals surface area contributed by atoms with Gasteiger partial charge < -0.3 is 14.2 Å². The van der Waals surface area contributed by atoms with Gasteiger partial charge in [0.1, 0.15) is 19.8 Å². The standard InChI is InChI=1S/C13H16N2O3/c1-4-7-16-11-10-12(17-8-5-2)15-13(14-11)18-9-6-3/h4-6,10H,1-3,7-9H2. The first-order chi connectivity index (χ1) is 8.80. The zero-order valence-corrected chi connectivity index (χ0v) is 10.2. The fourth-order valence-electron chi connectivity index (χ4n) is 1.02. The fraction of sp³-hybridized carbons (Fsp3) is 0.231. The molecule has 96 valence electrons. The van der Waals surface area contributed by atoms with Gasteiger partial charge >= 0.3 is 6.01 Å². The second-order valence-corrected chi connectivity index (χ2v) is 3.13. The van der Waals surface area contributed by atoms with Crippen molar-refractivity contribution >= 4 is 0 Å². The molecule has 18 heavy (non-hydrogen) atoms. The zero-order chi connectivity index (χ0) is 13.2. The van der Waals surface area contributed by atoms with Crippen molar-refractivity contribution in [1.29, 1.82) is 0 Å². The van der Waals surface area contributed by atoms with Crippen LogP contribution in [-0.2, 0) is 0 Å². The summed E-state index contributed by atoms with van der Waals surface area (Å²) in [5.41, 5.74) is 0. The monoisotopic (exact) mass is 248 g/mol. The zero-order valence-electron chi connectivity index (χ0n) is 10.2. The third-order valence-corrected chi connectivity index (χ3v) is 1.69. The number of hydrogen-bond donors (Lipinski definition) is 0. The average Bonchev–Trinajstić information content (AvgIpc) is 2.40. The molecule has 0 aromatic carbocycles. The van der Waals surface area contributed by atoms with E-state index in [0.29, 0.717) is 31.6 Å². The van der Waals surface area contributed by atoms with Crippen LogP contribution >= 0.6 is 0 Å². The minimum absolute atomic E-state index is 0.176. The Hall–Kier alpha value is -2.30. The lowest BCUT2D eigenvalue weighted by molar-refractivity contribution is 0.288. The first-order valence-electron chi connectivity index (χ1n) is 5.40. The van der Waals surface area contributed by atoms with Crippen molar-refractivity contribution in [3.63, 3.8) is 0 Å². The molecule has 1 aromatic heterocycles. The lowest BCUT2D eigenvalue weighted by Gasteiger charge is -2.08. The van der Waals surface area contributed by atoms with Gasteiger partial charge in [-0.3, -0.25) is 0 Å². The smallest absolute Gasteiger partial charge is 0.323 e. The molecule has 1 rings (SSSR count). The molecule has 0 unspecified atom stereocenters. The van der Waals surface area contributed by atoms with Gasteiger partial charge in [0.25, 0.3) is 0 Å². The maximum atomic E-state index is 5.32. The van der Waals surface area contributed by atoms with E-state index in [1.165, 1.54) is 0 Å². The van der Waals surface area contributed by atoms with Crippen molar-refractivity contribution in [2.45, 2.75) is 0 Å². The molecular weight excluding hydrogens is 232 g/mol. The third-order valence-electron chi connectivity index (χ3n) is 1.69. The average molecular weight is 248 g/mol. The van der Waals surface area contributed by atoms with Gasteiger partial charge in [0.15, 0.2) is 0 Å². The van der Waals surface area contributed by atoms with Gasteiger partial charge in [0.2, 0.25) is 11.8 Å². The van der Waals surface area contributed by atoms with Crippen LogP contribution in [0.3, 0.4) is 0 Å². The van der Waals surface area contributed by atoms with E-state index in [-0.39, 0.29) is 6.01 Å². The number of rotatable bonds is 9. The van der Waals surface area contributed by atoms with Crippen LogP contribution in [0.2, 0.25) is 0 Å². The van der Waals surface area contributed by atoms with Crippen LogP contribution in [0.15, 0.2) is 44.0 Å². The predicted molar refractivity (Wildman–Crippen MR) is 69.1 cm³/mol. The number of hydrogen-bond acceptors (Lipinski definition) is 5. The molecule has 1 heterocycles. The molecule has 0 atom stereocenters. The highest BCUT2D eigenvalue weighted by Crippen LogP contribution is 2.19. The molecule has 0 radical (unpaired) electrons. The first-order valence-corrected chi connectivity index (χ1v) is 5.40. The van der Waals surface area contributed by atoms with Crippen LogP contribution in [0, 0.1) is 0 Å². The summed E-state index contributed by atoms with van der Waals surface area (Å²) in [4.78, 5) is 8.12. The predicted octanol–water partition coefficient (Wildman–Crippen LogP) is 2.17. The Morgan fingerprint density at radius 2 is 1.28 bits per heavy atom. The van der Waals surface area contributed by atoms with Crippen molar-refractivity contribution in [2.24, 2.45) is 0 Å². The Morgan fingerprint density at radius 1 is 0.833 bits per heavy atom. The van der Waals surface area contributed by atoms with E-state index in [9.17, 15) is 0 Å². The molecule has 0 saturated heterocycles. The minimum Gasteiger partial charge on any atom is -0.473 e. The van der Waals surface area contributed by atoms with Gasteiger partial charge in [0, 0.05) is 0 Å². The lowest BCUT2D eigenvalue weighted by Crippen LogP contribution is -2.04. The molecule has 0 aliphatic heterocycles. The van der Waals surface area contributed by atoms with E-state index in [1.807, 2.05) is 0 Å². The molecule has 0 aliphatic rings. The molecule has 0 saturated carbocycles. The molecule has 0 amide bonds. The maximum absolute atomic E-state index is 5.32. The summed E-state index contributed by atoms with van der Waals surface area (Å²) < 4.78 is 15.9. The summed E-state index contributed by atoms with van der Waals surface area (Å²) in [5, 5.41) is 0. The Balaban J connectivity index is 2.83. The van der Waals surface area contributed by atoms with Gasteiger partial charge in [-0.15, -0.1) is 0 Å². The molecular formula is C13H16N2O3. The van der Waals surface area contributed by atoms with E-state index in [1.54, 1.807) is 24.3 Å². The molecule has 5 nitrogen and oxygen atoms in total. The number of ether oxygens (including phenoxy) is 3. The summed E-state index contributed by atoms with van der Waals surface area (Å²) in [5.74, 6) is 0.728. The minimum atomic E-state index is 0.176. The van der Waals surface area contributed by atoms with Crippen LogP contribution in [0.1, 0.15) is 0 Å². The lowest BCUT2D eigenvalue weighted by atomic mass is 10.5. The van der Waals surface area contributed by atoms with Crippen LogP contribution in [0.4, 0.5) is 0 Å². The Bertz CT molecular complexity index is 344. The normalized spacial score (nSPS) is 9.33. The summed E-state index contributed by atoms with van der Waals surface area (Å²) in [6.45, 7) is 11.7. The molecule has 5 heteroatoms. The SMILES string of the molecule is C=CCOc1cc(OCC=C)nc(OCC=C)n1. The van der Waals surface area contributed by atoms with Crippen molar-refractivity contribution in [3.05, 3.63) is 44.0 Å². The summed E-state index contributed by atoms with van der Waals surface area (Å²) in [6.07, 6.45) is 4.85. The molecule has 1 aromatic rings. The van der Waals surface area contributed by atoms with Crippen molar-refractivity contribution in [1.82, 2.24) is 9.97 Å². The van der Waals surface area contributed by atoms with E-state index >= 15 is 0 Å². The van der Waals surface area contributed by atoms with Gasteiger partial charge in [-0.25, -0.2) is 0 Å². The second kappa shape index (κ2) is 7.89. The van der Waals surface area contributed by atoms with E-state index in [4.69, 9.17) is 14.2 Å². The summed E-state index contributed by atoms with van der Waals surface area (Å²) in [7, 11) is 0. The topological polar surface area (TPSA) is 53.5 Å². The summed E-state index contributed by atoms with van der Waals surface area (Å²) >= 11 is 0. The Labute approximate surface area is 106 Å². The van der Waals surface area contributed by atoms with Gasteiger partial charge in [-0.2, -0.15) is 9.97 Å². The van der Waals surface area contributed by atoms with Crippen molar-refractivity contribution in [2.75, 3.05) is 19.8 Å². The van der Waals surface area contributed by atoms with Gasteiger partial charge in [-0.05, 0) is 0 Å². The highest BCUT2D eigenvalue weighted by Gasteiger charge is 2.07. The number of nitrogens with zero attached hydrogens (tertiary/aromatic N) is 2. The highest BCUT2D eigenvalue weighted by atomic mass is 16.5. The van der Waals surface area contributed by atoms with E-state index in [0.717, 1.165) is 0 Å². The molecule has 0 fully saturated rings. The van der Waals surface area contributed by atoms with Crippen LogP contribution in [-0.4, -0.2) is 29.8 Å². The fourth-order valence-corrected chi connectivity index (χ4v) is 1.02.